The lowest BCUT2D eigenvalue weighted by Gasteiger charge is -2.32. The Morgan fingerprint density at radius 1 is 1.00 bits per heavy atom. The molecule has 230 valence electrons. The highest BCUT2D eigenvalue weighted by molar-refractivity contribution is 5.79. The van der Waals surface area contributed by atoms with Crippen LogP contribution >= 0.6 is 0 Å². The van der Waals surface area contributed by atoms with E-state index in [0.717, 1.165) is 24.2 Å². The first kappa shape index (κ1) is 34.4. The highest BCUT2D eigenvalue weighted by Gasteiger charge is 2.31. The summed E-state index contributed by atoms with van der Waals surface area (Å²) in [6.07, 6.45) is 8.14. The summed E-state index contributed by atoms with van der Waals surface area (Å²) < 4.78 is 16.6. The summed E-state index contributed by atoms with van der Waals surface area (Å²) in [5.41, 5.74) is 7.76. The smallest absolute Gasteiger partial charge is 0.223 e. The van der Waals surface area contributed by atoms with Gasteiger partial charge in [-0.2, -0.15) is 0 Å². The topological polar surface area (TPSA) is 103 Å². The number of aliphatic hydroxyl groups is 1. The van der Waals surface area contributed by atoms with Gasteiger partial charge in [-0.15, -0.1) is 0 Å². The fraction of sp³-hybridized carbons (Fsp3) is 0.788. The first-order valence-electron chi connectivity index (χ1n) is 15.6. The van der Waals surface area contributed by atoms with Crippen molar-refractivity contribution in [2.24, 2.45) is 35.3 Å². The highest BCUT2D eigenvalue weighted by Crippen LogP contribution is 2.32. The number of carbonyl (C=O) groups is 1. The summed E-state index contributed by atoms with van der Waals surface area (Å²) >= 11 is 0. The van der Waals surface area contributed by atoms with Crippen molar-refractivity contribution in [1.29, 1.82) is 0 Å². The van der Waals surface area contributed by atoms with Crippen LogP contribution in [0, 0.1) is 29.6 Å². The molecule has 1 saturated carbocycles. The monoisotopic (exact) mass is 562 g/mol. The van der Waals surface area contributed by atoms with Gasteiger partial charge in [0.15, 0.2) is 11.5 Å². The van der Waals surface area contributed by atoms with E-state index in [9.17, 15) is 9.90 Å². The van der Waals surface area contributed by atoms with E-state index in [1.807, 2.05) is 6.07 Å². The molecule has 1 aliphatic rings. The third-order valence-corrected chi connectivity index (χ3v) is 8.85. The zero-order valence-corrected chi connectivity index (χ0v) is 26.3. The molecule has 0 bridgehead atoms. The number of benzene rings is 1. The van der Waals surface area contributed by atoms with Crippen LogP contribution in [0.15, 0.2) is 18.2 Å². The molecule has 0 heterocycles. The summed E-state index contributed by atoms with van der Waals surface area (Å²) in [7, 11) is 3.33. The van der Waals surface area contributed by atoms with Gasteiger partial charge < -0.3 is 30.4 Å². The van der Waals surface area contributed by atoms with Crippen molar-refractivity contribution in [3.05, 3.63) is 23.8 Å². The molecule has 1 amide bonds. The Bertz CT molecular complexity index is 855. The molecule has 2 rings (SSSR count). The van der Waals surface area contributed by atoms with Crippen LogP contribution in [0.4, 0.5) is 0 Å². The Hall–Kier alpha value is -1.83. The zero-order chi connectivity index (χ0) is 29.7. The highest BCUT2D eigenvalue weighted by atomic mass is 16.5. The molecule has 0 radical (unpaired) electrons. The van der Waals surface area contributed by atoms with Crippen LogP contribution in [-0.4, -0.2) is 56.6 Å². The van der Waals surface area contributed by atoms with Gasteiger partial charge in [-0.25, -0.2) is 0 Å². The number of hydrogen-bond donors (Lipinski definition) is 3. The minimum Gasteiger partial charge on any atom is -0.493 e. The van der Waals surface area contributed by atoms with Gasteiger partial charge in [0.25, 0.3) is 0 Å². The second kappa shape index (κ2) is 17.9. The second-order valence-electron chi connectivity index (χ2n) is 12.6. The summed E-state index contributed by atoms with van der Waals surface area (Å²) in [6, 6.07) is 5.84. The first-order chi connectivity index (χ1) is 19.1. The quantitative estimate of drug-likeness (QED) is 0.197. The Balaban J connectivity index is 2.00. The number of nitrogens with two attached hydrogens (primary N) is 1. The van der Waals surface area contributed by atoms with E-state index >= 15 is 0 Å². The Labute approximate surface area is 243 Å². The first-order valence-corrected chi connectivity index (χ1v) is 15.6. The normalized spacial score (nSPS) is 18.3. The van der Waals surface area contributed by atoms with Crippen LogP contribution in [0.1, 0.15) is 91.5 Å². The lowest BCUT2D eigenvalue weighted by molar-refractivity contribution is -0.128. The molecule has 40 heavy (non-hydrogen) atoms. The average molecular weight is 563 g/mol. The van der Waals surface area contributed by atoms with Crippen LogP contribution < -0.4 is 20.5 Å². The predicted molar refractivity (Wildman–Crippen MR) is 163 cm³/mol. The van der Waals surface area contributed by atoms with E-state index in [0.29, 0.717) is 43.6 Å². The van der Waals surface area contributed by atoms with Crippen molar-refractivity contribution in [3.8, 4) is 11.5 Å². The number of aliphatic hydroxyl groups excluding tert-OH is 1. The molecule has 0 aliphatic heterocycles. The molecule has 1 aromatic carbocycles. The van der Waals surface area contributed by atoms with E-state index in [1.54, 1.807) is 14.2 Å². The molecular weight excluding hydrogens is 504 g/mol. The van der Waals surface area contributed by atoms with Crippen LogP contribution in [0.2, 0.25) is 0 Å². The molecule has 0 unspecified atom stereocenters. The number of carbonyl (C=O) groups excluding carboxylic acids is 1. The molecular formula is C33H58N2O5. The SMILES string of the molecule is COCCCOc1cc(C[C@@H](C[C@H](N)[C@@H](O)C[C@@H](C(=O)N[C@@H](C)C2CCCCC2)C(C)C)C(C)C)ccc1OC. The van der Waals surface area contributed by atoms with Gasteiger partial charge in [0.2, 0.25) is 5.91 Å². The van der Waals surface area contributed by atoms with Crippen molar-refractivity contribution in [3.63, 3.8) is 0 Å². The molecule has 1 aromatic rings. The number of methoxy groups -OCH3 is 2. The predicted octanol–water partition coefficient (Wildman–Crippen LogP) is 5.75. The maximum atomic E-state index is 13.3. The van der Waals surface area contributed by atoms with Crippen LogP contribution in [0.3, 0.4) is 0 Å². The average Bonchev–Trinajstić information content (AvgIpc) is 2.93. The maximum Gasteiger partial charge on any atom is 0.223 e. The van der Waals surface area contributed by atoms with E-state index in [-0.39, 0.29) is 29.7 Å². The van der Waals surface area contributed by atoms with Crippen molar-refractivity contribution >= 4 is 5.91 Å². The number of rotatable bonds is 18. The van der Waals surface area contributed by atoms with Crippen molar-refractivity contribution in [1.82, 2.24) is 5.32 Å². The number of ether oxygens (including phenoxy) is 3. The molecule has 0 aromatic heterocycles. The summed E-state index contributed by atoms with van der Waals surface area (Å²) in [5.74, 6) is 2.58. The number of hydrogen-bond acceptors (Lipinski definition) is 6. The van der Waals surface area contributed by atoms with E-state index in [2.05, 4.69) is 52.1 Å². The van der Waals surface area contributed by atoms with E-state index in [1.165, 1.54) is 32.1 Å². The molecule has 0 spiro atoms. The van der Waals surface area contributed by atoms with Crippen LogP contribution in [0.25, 0.3) is 0 Å². The summed E-state index contributed by atoms with van der Waals surface area (Å²) in [6.45, 7) is 11.9. The van der Waals surface area contributed by atoms with Gasteiger partial charge in [-0.3, -0.25) is 4.79 Å². The maximum absolute atomic E-state index is 13.3. The molecule has 0 saturated heterocycles. The fourth-order valence-electron chi connectivity index (χ4n) is 5.95. The van der Waals surface area contributed by atoms with Crippen LogP contribution in [0.5, 0.6) is 11.5 Å². The summed E-state index contributed by atoms with van der Waals surface area (Å²) in [5, 5.41) is 14.5. The van der Waals surface area contributed by atoms with Crippen molar-refractivity contribution in [2.75, 3.05) is 27.4 Å². The molecule has 1 aliphatic carbocycles. The second-order valence-corrected chi connectivity index (χ2v) is 12.6. The van der Waals surface area contributed by atoms with E-state index in [4.69, 9.17) is 19.9 Å². The number of amides is 1. The minimum absolute atomic E-state index is 0.0518. The summed E-state index contributed by atoms with van der Waals surface area (Å²) in [4.78, 5) is 13.3. The minimum atomic E-state index is -0.736. The van der Waals surface area contributed by atoms with Crippen molar-refractivity contribution in [2.45, 2.75) is 111 Å². The largest absolute Gasteiger partial charge is 0.493 e. The third-order valence-electron chi connectivity index (χ3n) is 8.85. The molecule has 7 heteroatoms. The van der Waals surface area contributed by atoms with E-state index < -0.39 is 12.1 Å². The Kier molecular flexibility index (Phi) is 15.4. The van der Waals surface area contributed by atoms with Crippen LogP contribution in [-0.2, 0) is 16.0 Å². The fourth-order valence-corrected chi connectivity index (χ4v) is 5.95. The van der Waals surface area contributed by atoms with Crippen molar-refractivity contribution < 1.29 is 24.1 Å². The molecule has 1 fully saturated rings. The van der Waals surface area contributed by atoms with Gasteiger partial charge in [-0.05, 0) is 80.4 Å². The van der Waals surface area contributed by atoms with Gasteiger partial charge in [0.05, 0.1) is 19.8 Å². The standard InChI is InChI=1S/C33H58N2O5/c1-22(2)27(18-25-14-15-31(39-7)32(19-25)40-17-11-16-38-6)20-29(34)30(36)21-28(23(3)4)33(37)35-24(5)26-12-9-8-10-13-26/h14-15,19,22-24,26-30,36H,8-13,16-18,20-21,34H2,1-7H3,(H,35,37)/t24-,27-,28+,29-,30-/m0/s1. The molecule has 7 nitrogen and oxygen atoms in total. The Morgan fingerprint density at radius 3 is 2.30 bits per heavy atom. The molecule has 5 atom stereocenters. The van der Waals surface area contributed by atoms with Gasteiger partial charge >= 0.3 is 0 Å². The zero-order valence-electron chi connectivity index (χ0n) is 26.3. The molecule has 4 N–H and O–H groups in total. The van der Waals surface area contributed by atoms with Gasteiger partial charge in [-0.1, -0.05) is 53.0 Å². The third kappa shape index (κ3) is 11.2. The number of nitrogens with one attached hydrogen (secondary N) is 1. The Morgan fingerprint density at radius 2 is 1.70 bits per heavy atom. The van der Waals surface area contributed by atoms with Gasteiger partial charge in [0, 0.05) is 38.1 Å². The lowest BCUT2D eigenvalue weighted by atomic mass is 9.80. The lowest BCUT2D eigenvalue weighted by Crippen LogP contribution is -2.46. The van der Waals surface area contributed by atoms with Gasteiger partial charge in [0.1, 0.15) is 0 Å².